The minimum absolute atomic E-state index is 0.113. The van der Waals surface area contributed by atoms with Gasteiger partial charge in [-0.3, -0.25) is 14.5 Å². The van der Waals surface area contributed by atoms with Crippen molar-refractivity contribution in [2.75, 3.05) is 17.6 Å². The second-order valence-corrected chi connectivity index (χ2v) is 10.8. The van der Waals surface area contributed by atoms with Gasteiger partial charge in [0.1, 0.15) is 17.6 Å². The van der Waals surface area contributed by atoms with Gasteiger partial charge < -0.3 is 10.4 Å². The summed E-state index contributed by atoms with van der Waals surface area (Å²) >= 11 is 1.67. The van der Waals surface area contributed by atoms with Crippen molar-refractivity contribution in [2.24, 2.45) is 0 Å². The van der Waals surface area contributed by atoms with Crippen molar-refractivity contribution in [1.29, 1.82) is 5.26 Å². The molecule has 0 fully saturated rings. The van der Waals surface area contributed by atoms with Gasteiger partial charge in [-0.05, 0) is 50.1 Å². The maximum Gasteiger partial charge on any atom is 0.171 e. The van der Waals surface area contributed by atoms with Crippen LogP contribution in [-0.4, -0.2) is 46.9 Å². The number of nitrogens with one attached hydrogen (secondary N) is 1. The second-order valence-electron chi connectivity index (χ2n) is 9.89. The Bertz CT molecular complexity index is 1780. The zero-order chi connectivity index (χ0) is 27.1. The van der Waals surface area contributed by atoms with Gasteiger partial charge in [-0.25, -0.2) is 19.3 Å². The van der Waals surface area contributed by atoms with Crippen LogP contribution in [0.1, 0.15) is 25.0 Å². The molecule has 39 heavy (non-hydrogen) atoms. The van der Waals surface area contributed by atoms with Crippen molar-refractivity contribution in [3.8, 4) is 34.3 Å². The molecule has 4 aromatic heterocycles. The van der Waals surface area contributed by atoms with E-state index in [-0.39, 0.29) is 11.3 Å². The van der Waals surface area contributed by atoms with Crippen molar-refractivity contribution in [3.63, 3.8) is 0 Å². The van der Waals surface area contributed by atoms with E-state index >= 15 is 0 Å². The molecule has 0 saturated carbocycles. The molecule has 5 heterocycles. The van der Waals surface area contributed by atoms with Gasteiger partial charge in [-0.2, -0.15) is 5.26 Å². The standard InChI is InChI=1S/C28H23FN8OS/c1-28(2)15-39-27-34-23-25(35-24(36-26(23)37(27)28)19-9-20(29)14-32-13-19)33-6-5-16-3-4-22(38)21(8-16)18-7-17(10-30)11-31-12-18/h3-4,7-9,11-14,38H,5-6,15H2,1-2H3,(H,33,35,36). The molecular formula is C28H23FN8OS. The van der Waals surface area contributed by atoms with Crippen LogP contribution in [0, 0.1) is 17.1 Å². The lowest BCUT2D eigenvalue weighted by Crippen LogP contribution is -2.24. The molecule has 9 nitrogen and oxygen atoms in total. The monoisotopic (exact) mass is 538 g/mol. The van der Waals surface area contributed by atoms with E-state index in [9.17, 15) is 14.8 Å². The average Bonchev–Trinajstić information content (AvgIpc) is 3.46. The normalized spacial score (nSPS) is 13.8. The Labute approximate surface area is 227 Å². The predicted octanol–water partition coefficient (Wildman–Crippen LogP) is 5.16. The Morgan fingerprint density at radius 2 is 1.90 bits per heavy atom. The fraction of sp³-hybridized carbons (Fsp3) is 0.214. The largest absolute Gasteiger partial charge is 0.507 e. The number of anilines is 1. The number of hydrogen-bond acceptors (Lipinski definition) is 9. The molecular weight excluding hydrogens is 515 g/mol. The highest BCUT2D eigenvalue weighted by atomic mass is 32.2. The van der Waals surface area contributed by atoms with E-state index in [4.69, 9.17) is 15.0 Å². The third-order valence-electron chi connectivity index (χ3n) is 6.54. The molecule has 2 N–H and O–H groups in total. The summed E-state index contributed by atoms with van der Waals surface area (Å²) in [7, 11) is 0. The molecule has 1 aromatic carbocycles. The van der Waals surface area contributed by atoms with E-state index in [1.54, 1.807) is 36.3 Å². The number of aromatic nitrogens is 6. The first-order chi connectivity index (χ1) is 18.8. The molecule has 0 amide bonds. The molecule has 5 aromatic rings. The van der Waals surface area contributed by atoms with E-state index in [1.165, 1.54) is 12.3 Å². The third-order valence-corrected chi connectivity index (χ3v) is 7.93. The van der Waals surface area contributed by atoms with Crippen LogP contribution in [-0.2, 0) is 12.0 Å². The quantitative estimate of drug-likeness (QED) is 0.301. The maximum atomic E-state index is 14.0. The number of phenols is 1. The number of nitriles is 1. The Kier molecular flexibility index (Phi) is 6.12. The summed E-state index contributed by atoms with van der Waals surface area (Å²) in [6.45, 7) is 4.80. The van der Waals surface area contributed by atoms with Crippen LogP contribution in [0.15, 0.2) is 60.3 Å². The number of benzene rings is 1. The first kappa shape index (κ1) is 24.8. The number of aromatic hydroxyl groups is 1. The number of pyridine rings is 2. The van der Waals surface area contributed by atoms with Crippen molar-refractivity contribution < 1.29 is 9.50 Å². The highest BCUT2D eigenvalue weighted by Crippen LogP contribution is 2.41. The number of halogens is 1. The summed E-state index contributed by atoms with van der Waals surface area (Å²) in [4.78, 5) is 22.4. The second kappa shape index (κ2) is 9.63. The van der Waals surface area contributed by atoms with Crippen LogP contribution in [0.3, 0.4) is 0 Å². The van der Waals surface area contributed by atoms with E-state index in [0.29, 0.717) is 58.0 Å². The summed E-state index contributed by atoms with van der Waals surface area (Å²) in [5, 5.41) is 23.9. The van der Waals surface area contributed by atoms with Gasteiger partial charge in [0.25, 0.3) is 0 Å². The van der Waals surface area contributed by atoms with Gasteiger partial charge >= 0.3 is 0 Å². The van der Waals surface area contributed by atoms with Crippen molar-refractivity contribution in [2.45, 2.75) is 31.0 Å². The van der Waals surface area contributed by atoms with Crippen LogP contribution in [0.25, 0.3) is 33.7 Å². The Balaban J connectivity index is 1.32. The Morgan fingerprint density at radius 1 is 1.08 bits per heavy atom. The average molecular weight is 539 g/mol. The molecule has 0 aliphatic carbocycles. The van der Waals surface area contributed by atoms with Crippen molar-refractivity contribution in [1.82, 2.24) is 29.5 Å². The smallest absolute Gasteiger partial charge is 0.171 e. The summed E-state index contributed by atoms with van der Waals surface area (Å²) in [6.07, 6.45) is 6.42. The van der Waals surface area contributed by atoms with Gasteiger partial charge in [-0.15, -0.1) is 0 Å². The zero-order valence-electron chi connectivity index (χ0n) is 21.2. The maximum absolute atomic E-state index is 14.0. The lowest BCUT2D eigenvalue weighted by molar-refractivity contribution is 0.404. The first-order valence-electron chi connectivity index (χ1n) is 12.3. The number of phenolic OH excluding ortho intramolecular Hbond substituents is 1. The van der Waals surface area contributed by atoms with Gasteiger partial charge in [0.2, 0.25) is 0 Å². The van der Waals surface area contributed by atoms with Crippen LogP contribution in [0.5, 0.6) is 5.75 Å². The molecule has 0 radical (unpaired) electrons. The molecule has 0 unspecified atom stereocenters. The molecule has 194 valence electrons. The van der Waals surface area contributed by atoms with E-state index in [2.05, 4.69) is 39.8 Å². The lowest BCUT2D eigenvalue weighted by atomic mass is 10.0. The highest BCUT2D eigenvalue weighted by Gasteiger charge is 2.35. The van der Waals surface area contributed by atoms with E-state index in [1.807, 2.05) is 12.1 Å². The lowest BCUT2D eigenvalue weighted by Gasteiger charge is -2.20. The van der Waals surface area contributed by atoms with Gasteiger partial charge in [-0.1, -0.05) is 17.8 Å². The SMILES string of the molecule is CC1(C)CSc2nc3c(NCCc4ccc(O)c(-c5cncc(C#N)c5)c4)nc(-c4cncc(F)c4)nc3n21. The fourth-order valence-electron chi connectivity index (χ4n) is 4.62. The van der Waals surface area contributed by atoms with E-state index < -0.39 is 5.82 Å². The van der Waals surface area contributed by atoms with Gasteiger partial charge in [0.15, 0.2) is 28.0 Å². The molecule has 0 atom stereocenters. The van der Waals surface area contributed by atoms with Gasteiger partial charge in [0, 0.05) is 47.6 Å². The molecule has 6 rings (SSSR count). The molecule has 0 spiro atoms. The molecule has 0 saturated heterocycles. The van der Waals surface area contributed by atoms with Crippen LogP contribution in [0.4, 0.5) is 10.2 Å². The number of hydrogen-bond donors (Lipinski definition) is 2. The molecule has 1 aliphatic heterocycles. The van der Waals surface area contributed by atoms with Gasteiger partial charge in [0.05, 0.1) is 17.3 Å². The molecule has 1 aliphatic rings. The van der Waals surface area contributed by atoms with Crippen LogP contribution >= 0.6 is 11.8 Å². The number of thioether (sulfide) groups is 1. The first-order valence-corrected chi connectivity index (χ1v) is 13.3. The fourth-order valence-corrected chi connectivity index (χ4v) is 5.85. The minimum Gasteiger partial charge on any atom is -0.507 e. The summed E-state index contributed by atoms with van der Waals surface area (Å²) < 4.78 is 16.1. The van der Waals surface area contributed by atoms with Crippen molar-refractivity contribution in [3.05, 3.63) is 72.1 Å². The summed E-state index contributed by atoms with van der Waals surface area (Å²) in [5.41, 5.74) is 4.31. The van der Waals surface area contributed by atoms with Crippen LogP contribution in [0.2, 0.25) is 0 Å². The predicted molar refractivity (Wildman–Crippen MR) is 147 cm³/mol. The number of imidazole rings is 1. The molecule has 11 heteroatoms. The van der Waals surface area contributed by atoms with Crippen molar-refractivity contribution >= 4 is 28.7 Å². The Morgan fingerprint density at radius 3 is 2.72 bits per heavy atom. The topological polar surface area (TPSA) is 125 Å². The zero-order valence-corrected chi connectivity index (χ0v) is 22.0. The molecule has 0 bridgehead atoms. The van der Waals surface area contributed by atoms with E-state index in [0.717, 1.165) is 22.7 Å². The number of rotatable bonds is 6. The minimum atomic E-state index is -0.459. The summed E-state index contributed by atoms with van der Waals surface area (Å²) in [5.74, 6) is 1.46. The number of fused-ring (bicyclic) bond motifs is 3. The summed E-state index contributed by atoms with van der Waals surface area (Å²) in [6, 6.07) is 10.5. The number of nitrogens with zero attached hydrogens (tertiary/aromatic N) is 7. The Hall–Kier alpha value is -4.56. The van der Waals surface area contributed by atoms with Crippen LogP contribution < -0.4 is 5.32 Å². The highest BCUT2D eigenvalue weighted by molar-refractivity contribution is 7.99. The third kappa shape index (κ3) is 4.64.